The van der Waals surface area contributed by atoms with E-state index in [1.165, 1.54) is 0 Å². The van der Waals surface area contributed by atoms with Crippen molar-refractivity contribution in [2.75, 3.05) is 7.11 Å². The third-order valence-electron chi connectivity index (χ3n) is 5.26. The molecule has 0 fully saturated rings. The minimum atomic E-state index is -0.946. The van der Waals surface area contributed by atoms with Crippen LogP contribution in [0.2, 0.25) is 0 Å². The molecule has 0 aliphatic heterocycles. The average molecular weight is 314 g/mol. The van der Waals surface area contributed by atoms with Gasteiger partial charge in [-0.3, -0.25) is 9.59 Å². The van der Waals surface area contributed by atoms with Crippen molar-refractivity contribution < 1.29 is 19.4 Å². The SMILES string of the molecule is COc1ccc2c(c1)CCC1(C)CC(C)C(=O)C(CC(=O)O)=C21. The van der Waals surface area contributed by atoms with Gasteiger partial charge in [0.2, 0.25) is 0 Å². The van der Waals surface area contributed by atoms with Crippen molar-refractivity contribution in [2.45, 2.75) is 39.5 Å². The maximum Gasteiger partial charge on any atom is 0.307 e. The lowest BCUT2D eigenvalue weighted by Crippen LogP contribution is -2.36. The maximum atomic E-state index is 12.6. The number of hydrogen-bond acceptors (Lipinski definition) is 3. The van der Waals surface area contributed by atoms with Gasteiger partial charge in [0.15, 0.2) is 5.78 Å². The molecule has 0 amide bonds. The fourth-order valence-electron chi connectivity index (χ4n) is 4.26. The predicted molar refractivity (Wildman–Crippen MR) is 87.4 cm³/mol. The number of methoxy groups -OCH3 is 1. The van der Waals surface area contributed by atoms with Crippen LogP contribution in [0.5, 0.6) is 5.75 Å². The van der Waals surface area contributed by atoms with Crippen molar-refractivity contribution in [3.63, 3.8) is 0 Å². The molecule has 1 N–H and O–H groups in total. The highest BCUT2D eigenvalue weighted by Gasteiger charge is 2.44. The number of carboxylic acids is 1. The van der Waals surface area contributed by atoms with Crippen molar-refractivity contribution in [1.29, 1.82) is 0 Å². The van der Waals surface area contributed by atoms with E-state index >= 15 is 0 Å². The Morgan fingerprint density at radius 1 is 1.43 bits per heavy atom. The number of allylic oxidation sites excluding steroid dienone is 1. The first-order valence-electron chi connectivity index (χ1n) is 8.02. The summed E-state index contributed by atoms with van der Waals surface area (Å²) >= 11 is 0. The zero-order chi connectivity index (χ0) is 16.8. The molecule has 3 rings (SSSR count). The van der Waals surface area contributed by atoms with Crippen molar-refractivity contribution in [1.82, 2.24) is 0 Å². The molecule has 0 aromatic heterocycles. The van der Waals surface area contributed by atoms with E-state index in [0.29, 0.717) is 5.57 Å². The van der Waals surface area contributed by atoms with Gasteiger partial charge in [0.25, 0.3) is 0 Å². The minimum absolute atomic E-state index is 0.0106. The molecule has 0 heterocycles. The van der Waals surface area contributed by atoms with Crippen LogP contribution in [0.15, 0.2) is 23.8 Å². The molecule has 1 aromatic rings. The van der Waals surface area contributed by atoms with Crippen molar-refractivity contribution in [3.05, 3.63) is 34.9 Å². The van der Waals surface area contributed by atoms with E-state index in [0.717, 1.165) is 41.7 Å². The first-order chi connectivity index (χ1) is 10.9. The molecule has 0 bridgehead atoms. The number of carboxylic acid groups (broad SMARTS) is 1. The van der Waals surface area contributed by atoms with Crippen LogP contribution in [0, 0.1) is 11.3 Å². The molecule has 0 spiro atoms. The van der Waals surface area contributed by atoms with Gasteiger partial charge >= 0.3 is 5.97 Å². The van der Waals surface area contributed by atoms with E-state index in [1.54, 1.807) is 7.11 Å². The topological polar surface area (TPSA) is 63.6 Å². The Bertz CT molecular complexity index is 716. The predicted octanol–water partition coefficient (Wildman–Crippen LogP) is 3.48. The van der Waals surface area contributed by atoms with Crippen LogP contribution in [0.3, 0.4) is 0 Å². The van der Waals surface area contributed by atoms with Crippen LogP contribution in [0.4, 0.5) is 0 Å². The molecule has 2 atom stereocenters. The van der Waals surface area contributed by atoms with Crippen LogP contribution in [0.1, 0.15) is 44.2 Å². The second-order valence-electron chi connectivity index (χ2n) is 6.98. The first-order valence-corrected chi connectivity index (χ1v) is 8.02. The van der Waals surface area contributed by atoms with Crippen LogP contribution >= 0.6 is 0 Å². The molecule has 4 nitrogen and oxygen atoms in total. The quantitative estimate of drug-likeness (QED) is 0.927. The Morgan fingerprint density at radius 3 is 2.83 bits per heavy atom. The molecule has 0 saturated heterocycles. The average Bonchev–Trinajstić information content (AvgIpc) is 2.50. The molecule has 4 heteroatoms. The lowest BCUT2D eigenvalue weighted by atomic mass is 9.59. The summed E-state index contributed by atoms with van der Waals surface area (Å²) in [5, 5.41) is 9.27. The third kappa shape index (κ3) is 2.56. The highest BCUT2D eigenvalue weighted by Crippen LogP contribution is 2.54. The van der Waals surface area contributed by atoms with Gasteiger partial charge in [-0.25, -0.2) is 0 Å². The normalized spacial score (nSPS) is 26.6. The number of ether oxygens (including phenoxy) is 1. The summed E-state index contributed by atoms with van der Waals surface area (Å²) in [5.74, 6) is -0.275. The molecule has 2 aliphatic carbocycles. The number of fused-ring (bicyclic) bond motifs is 3. The molecule has 2 unspecified atom stereocenters. The van der Waals surface area contributed by atoms with Crippen molar-refractivity contribution >= 4 is 17.3 Å². The smallest absolute Gasteiger partial charge is 0.307 e. The van der Waals surface area contributed by atoms with Crippen LogP contribution in [0.25, 0.3) is 5.57 Å². The molecule has 0 saturated carbocycles. The monoisotopic (exact) mass is 314 g/mol. The largest absolute Gasteiger partial charge is 0.497 e. The van der Waals surface area contributed by atoms with Gasteiger partial charge in [-0.15, -0.1) is 0 Å². The van der Waals surface area contributed by atoms with Gasteiger partial charge in [-0.2, -0.15) is 0 Å². The first kappa shape index (κ1) is 15.8. The number of benzene rings is 1. The Labute approximate surface area is 136 Å². The van der Waals surface area contributed by atoms with Crippen molar-refractivity contribution in [2.24, 2.45) is 11.3 Å². The number of ketones is 1. The maximum absolute atomic E-state index is 12.6. The Kier molecular flexibility index (Phi) is 3.78. The lowest BCUT2D eigenvalue weighted by Gasteiger charge is -2.44. The summed E-state index contributed by atoms with van der Waals surface area (Å²) < 4.78 is 5.29. The van der Waals surface area contributed by atoms with Gasteiger partial charge in [-0.1, -0.05) is 19.9 Å². The fourth-order valence-corrected chi connectivity index (χ4v) is 4.26. The Morgan fingerprint density at radius 2 is 2.17 bits per heavy atom. The van der Waals surface area contributed by atoms with Gasteiger partial charge in [0, 0.05) is 11.5 Å². The molecular weight excluding hydrogens is 292 g/mol. The van der Waals surface area contributed by atoms with E-state index < -0.39 is 5.97 Å². The summed E-state index contributed by atoms with van der Waals surface area (Å²) in [5.41, 5.74) is 3.48. The number of Topliss-reactive ketones (excluding diaryl/α,β-unsaturated/α-hetero) is 1. The molecule has 1 aromatic carbocycles. The van der Waals surface area contributed by atoms with Gasteiger partial charge < -0.3 is 9.84 Å². The van der Waals surface area contributed by atoms with Crippen LogP contribution in [-0.4, -0.2) is 24.0 Å². The Balaban J connectivity index is 2.24. The van der Waals surface area contributed by atoms with Gasteiger partial charge in [-0.05, 0) is 53.5 Å². The lowest BCUT2D eigenvalue weighted by molar-refractivity contribution is -0.137. The molecule has 0 radical (unpaired) electrons. The highest BCUT2D eigenvalue weighted by molar-refractivity contribution is 6.09. The van der Waals surface area contributed by atoms with Gasteiger partial charge in [0.1, 0.15) is 5.75 Å². The summed E-state index contributed by atoms with van der Waals surface area (Å²) in [6.45, 7) is 4.08. The third-order valence-corrected chi connectivity index (χ3v) is 5.26. The number of aryl methyl sites for hydroxylation is 1. The number of aliphatic carboxylic acids is 1. The van der Waals surface area contributed by atoms with E-state index in [-0.39, 0.29) is 23.5 Å². The van der Waals surface area contributed by atoms with Crippen LogP contribution < -0.4 is 4.74 Å². The van der Waals surface area contributed by atoms with E-state index in [9.17, 15) is 14.7 Å². The standard InChI is InChI=1S/C19H22O4/c1-11-10-19(2)7-6-12-8-13(23-3)4-5-14(12)17(19)15(18(11)22)9-16(20)21/h4-5,8,11H,6-7,9-10H2,1-3H3,(H,20,21). The summed E-state index contributed by atoms with van der Waals surface area (Å²) in [6, 6.07) is 5.87. The number of carbonyl (C=O) groups excluding carboxylic acids is 1. The minimum Gasteiger partial charge on any atom is -0.497 e. The molecular formula is C19H22O4. The molecule has 2 aliphatic rings. The van der Waals surface area contributed by atoms with Gasteiger partial charge in [0.05, 0.1) is 13.5 Å². The molecule has 122 valence electrons. The van der Waals surface area contributed by atoms with Crippen molar-refractivity contribution in [3.8, 4) is 5.75 Å². The summed E-state index contributed by atoms with van der Waals surface area (Å²) in [7, 11) is 1.63. The number of carbonyl (C=O) groups is 2. The Hall–Kier alpha value is -2.10. The number of rotatable bonds is 3. The van der Waals surface area contributed by atoms with E-state index in [1.807, 2.05) is 25.1 Å². The van der Waals surface area contributed by atoms with Crippen LogP contribution in [-0.2, 0) is 16.0 Å². The summed E-state index contributed by atoms with van der Waals surface area (Å²) in [4.78, 5) is 23.9. The summed E-state index contributed by atoms with van der Waals surface area (Å²) in [6.07, 6.45) is 2.45. The zero-order valence-electron chi connectivity index (χ0n) is 13.8. The second-order valence-corrected chi connectivity index (χ2v) is 6.98. The highest BCUT2D eigenvalue weighted by atomic mass is 16.5. The number of hydrogen-bond donors (Lipinski definition) is 1. The van der Waals surface area contributed by atoms with E-state index in [4.69, 9.17) is 4.74 Å². The second kappa shape index (κ2) is 5.52. The zero-order valence-corrected chi connectivity index (χ0v) is 13.8. The fraction of sp³-hybridized carbons (Fsp3) is 0.474. The van der Waals surface area contributed by atoms with E-state index in [2.05, 4.69) is 6.92 Å². The molecule has 23 heavy (non-hydrogen) atoms.